The molecule has 12 heavy (non-hydrogen) atoms. The first kappa shape index (κ1) is 10.2. The first-order valence-corrected chi connectivity index (χ1v) is 3.10. The number of primary amides is 1. The third kappa shape index (κ3) is 4.11. The predicted molar refractivity (Wildman–Crippen MR) is 46.4 cm³/mol. The van der Waals surface area contributed by atoms with Crippen molar-refractivity contribution in [2.24, 2.45) is 17.2 Å². The molecule has 9 heteroatoms. The number of carbonyl (C=O) groups is 1. The van der Waals surface area contributed by atoms with Crippen LogP contribution >= 0.6 is 12.2 Å². The average Bonchev–Trinajstić information content (AvgIpc) is 1.83. The molecule has 0 rings (SSSR count). The summed E-state index contributed by atoms with van der Waals surface area (Å²) < 4.78 is 0. The third-order valence-corrected chi connectivity index (χ3v) is 0.776. The molecule has 8 nitrogen and oxygen atoms in total. The highest BCUT2D eigenvalue weighted by Crippen LogP contribution is 1.72. The molecule has 0 aromatic carbocycles. The normalized spacial score (nSPS) is 8.33. The minimum Gasteiger partial charge on any atom is -0.375 e. The van der Waals surface area contributed by atoms with E-state index in [4.69, 9.17) is 22.6 Å². The molecule has 0 heterocycles. The molecule has 0 aliphatic heterocycles. The fraction of sp³-hybridized carbons (Fsp3) is 0. The summed E-state index contributed by atoms with van der Waals surface area (Å²) in [5, 5.41) is 7.43. The van der Waals surface area contributed by atoms with Crippen LogP contribution in [0.3, 0.4) is 0 Å². The maximum atomic E-state index is 10.3. The molecule has 0 saturated carbocycles. The van der Waals surface area contributed by atoms with E-state index >= 15 is 0 Å². The molecule has 0 aromatic heterocycles. The second-order valence-corrected chi connectivity index (χ2v) is 2.11. The van der Waals surface area contributed by atoms with E-state index in [9.17, 15) is 4.79 Å². The van der Waals surface area contributed by atoms with Crippen LogP contribution in [0.2, 0.25) is 0 Å². The van der Waals surface area contributed by atoms with E-state index in [1.165, 1.54) is 0 Å². The van der Waals surface area contributed by atoms with Gasteiger partial charge in [-0.2, -0.15) is 5.12 Å². The lowest BCUT2D eigenvalue weighted by atomic mass is 11.0. The van der Waals surface area contributed by atoms with Gasteiger partial charge in [0.15, 0.2) is 5.11 Å². The molecule has 0 unspecified atom stereocenters. The van der Waals surface area contributed by atoms with Crippen LogP contribution in [-0.4, -0.2) is 22.2 Å². The molecule has 0 bridgehead atoms. The number of nitrogens with zero attached hydrogens (tertiary/aromatic N) is 1. The van der Waals surface area contributed by atoms with Gasteiger partial charge in [-0.25, -0.2) is 10.2 Å². The van der Waals surface area contributed by atoms with Crippen molar-refractivity contribution in [3.63, 3.8) is 0 Å². The van der Waals surface area contributed by atoms with Gasteiger partial charge >= 0.3 is 6.03 Å². The lowest BCUT2D eigenvalue weighted by Gasteiger charge is -2.21. The highest BCUT2D eigenvalue weighted by molar-refractivity contribution is 7.80. The van der Waals surface area contributed by atoms with Crippen molar-refractivity contribution < 1.29 is 4.79 Å². The van der Waals surface area contributed by atoms with E-state index in [1.54, 1.807) is 0 Å². The van der Waals surface area contributed by atoms with Crippen molar-refractivity contribution in [1.82, 2.24) is 16.0 Å². The van der Waals surface area contributed by atoms with Crippen molar-refractivity contribution in [2.45, 2.75) is 0 Å². The van der Waals surface area contributed by atoms with Gasteiger partial charge in [0.2, 0.25) is 5.96 Å². The zero-order valence-corrected chi connectivity index (χ0v) is 6.81. The third-order valence-electron chi connectivity index (χ3n) is 0.685. The van der Waals surface area contributed by atoms with Crippen molar-refractivity contribution in [3.05, 3.63) is 0 Å². The number of carbonyl (C=O) groups excluding carboxylic acids is 1. The fourth-order valence-electron chi connectivity index (χ4n) is 0.369. The summed E-state index contributed by atoms with van der Waals surface area (Å²) in [5.74, 6) is -0.499. The maximum absolute atomic E-state index is 10.3. The molecule has 0 spiro atoms. The zero-order chi connectivity index (χ0) is 9.72. The van der Waals surface area contributed by atoms with Crippen LogP contribution in [0.1, 0.15) is 0 Å². The summed E-state index contributed by atoms with van der Waals surface area (Å²) in [6, 6.07) is -0.894. The van der Waals surface area contributed by atoms with Gasteiger partial charge in [-0.3, -0.25) is 10.8 Å². The number of guanidine groups is 1. The largest absolute Gasteiger partial charge is 0.375 e. The number of amides is 2. The minimum atomic E-state index is -0.894. The molecule has 2 amide bonds. The van der Waals surface area contributed by atoms with Crippen LogP contribution < -0.4 is 28.1 Å². The molecule has 0 radical (unpaired) electrons. The number of urea groups is 1. The quantitative estimate of drug-likeness (QED) is 0.108. The van der Waals surface area contributed by atoms with E-state index in [2.05, 4.69) is 17.6 Å². The average molecular weight is 191 g/mol. The van der Waals surface area contributed by atoms with Gasteiger partial charge in [0.05, 0.1) is 0 Å². The lowest BCUT2D eigenvalue weighted by molar-refractivity contribution is 0.215. The van der Waals surface area contributed by atoms with Crippen LogP contribution in [0.25, 0.3) is 0 Å². The highest BCUT2D eigenvalue weighted by atomic mass is 32.1. The Kier molecular flexibility index (Phi) is 3.56. The maximum Gasteiger partial charge on any atom is 0.332 e. The molecule has 0 aliphatic rings. The standard InChI is InChI=1S/C3H9N7OS/c4-1(5)10(8-2(6)11)9-3(7)12/h(H3,4,5)(H3,6,8,11)(H3,7,9,12). The summed E-state index contributed by atoms with van der Waals surface area (Å²) in [5.41, 5.74) is 18.9. The summed E-state index contributed by atoms with van der Waals surface area (Å²) >= 11 is 4.42. The number of thiocarbonyl (C=S) groups is 1. The van der Waals surface area contributed by atoms with Gasteiger partial charge < -0.3 is 17.2 Å². The van der Waals surface area contributed by atoms with Crippen LogP contribution in [0, 0.1) is 5.41 Å². The Balaban J connectivity index is 4.14. The Hall–Kier alpha value is -1.77. The second kappa shape index (κ2) is 4.18. The lowest BCUT2D eigenvalue weighted by Crippen LogP contribution is -2.60. The Morgan fingerprint density at radius 3 is 2.08 bits per heavy atom. The summed E-state index contributed by atoms with van der Waals surface area (Å²) in [6.45, 7) is 0. The van der Waals surface area contributed by atoms with Gasteiger partial charge in [0.1, 0.15) is 0 Å². The fourth-order valence-corrected chi connectivity index (χ4v) is 0.460. The van der Waals surface area contributed by atoms with Crippen LogP contribution in [0.5, 0.6) is 0 Å². The predicted octanol–water partition coefficient (Wildman–Crippen LogP) is -2.49. The Labute approximate surface area is 73.5 Å². The topological polar surface area (TPSA) is 146 Å². The molecule has 68 valence electrons. The van der Waals surface area contributed by atoms with Gasteiger partial charge in [-0.05, 0) is 12.2 Å². The number of hydrogen-bond donors (Lipinski definition) is 6. The van der Waals surface area contributed by atoms with E-state index in [-0.39, 0.29) is 5.11 Å². The van der Waals surface area contributed by atoms with E-state index in [0.29, 0.717) is 5.12 Å². The number of hydrogen-bond acceptors (Lipinski definition) is 3. The Morgan fingerprint density at radius 2 is 1.83 bits per heavy atom. The minimum absolute atomic E-state index is 0.154. The van der Waals surface area contributed by atoms with Gasteiger partial charge in [-0.1, -0.05) is 0 Å². The molecule has 9 N–H and O–H groups in total. The zero-order valence-electron chi connectivity index (χ0n) is 6.00. The van der Waals surface area contributed by atoms with Crippen molar-refractivity contribution >= 4 is 29.3 Å². The molecule has 0 aliphatic carbocycles. The molecule has 0 saturated heterocycles. The molecule has 0 atom stereocenters. The Bertz CT molecular complexity index is 199. The van der Waals surface area contributed by atoms with Crippen LogP contribution in [-0.2, 0) is 0 Å². The summed E-state index contributed by atoms with van der Waals surface area (Å²) in [4.78, 5) is 10.3. The van der Waals surface area contributed by atoms with Crippen molar-refractivity contribution in [3.8, 4) is 0 Å². The number of rotatable bonds is 0. The molecule has 0 fully saturated rings. The number of hydrazine groups is 2. The smallest absolute Gasteiger partial charge is 0.332 e. The Morgan fingerprint density at radius 1 is 1.33 bits per heavy atom. The highest BCUT2D eigenvalue weighted by Gasteiger charge is 2.07. The summed E-state index contributed by atoms with van der Waals surface area (Å²) in [7, 11) is 0. The van der Waals surface area contributed by atoms with E-state index < -0.39 is 12.0 Å². The monoisotopic (exact) mass is 191 g/mol. The second-order valence-electron chi connectivity index (χ2n) is 1.67. The van der Waals surface area contributed by atoms with Gasteiger partial charge in [0, 0.05) is 0 Å². The van der Waals surface area contributed by atoms with Gasteiger partial charge in [0.25, 0.3) is 0 Å². The molecule has 0 aromatic rings. The SMILES string of the molecule is N=C(N)N(NC(N)=O)NC(N)=S. The van der Waals surface area contributed by atoms with Crippen LogP contribution in [0.15, 0.2) is 0 Å². The number of nitrogens with two attached hydrogens (primary N) is 3. The number of nitrogens with one attached hydrogen (secondary N) is 3. The molecular formula is C3H9N7OS. The van der Waals surface area contributed by atoms with Gasteiger partial charge in [-0.15, -0.1) is 0 Å². The molecular weight excluding hydrogens is 182 g/mol. The van der Waals surface area contributed by atoms with E-state index in [0.717, 1.165) is 0 Å². The van der Waals surface area contributed by atoms with E-state index in [1.807, 2.05) is 5.43 Å². The van der Waals surface area contributed by atoms with Crippen molar-refractivity contribution in [1.29, 1.82) is 5.41 Å². The van der Waals surface area contributed by atoms with Crippen LogP contribution in [0.4, 0.5) is 4.79 Å². The summed E-state index contributed by atoms with van der Waals surface area (Å²) in [6.07, 6.45) is 0. The first-order chi connectivity index (χ1) is 5.43. The van der Waals surface area contributed by atoms with Crippen molar-refractivity contribution in [2.75, 3.05) is 0 Å². The first-order valence-electron chi connectivity index (χ1n) is 2.70.